The van der Waals surface area contributed by atoms with Crippen LogP contribution in [0.3, 0.4) is 0 Å². The fraction of sp³-hybridized carbons (Fsp3) is 0.375. The van der Waals surface area contributed by atoms with E-state index in [1.54, 1.807) is 24.3 Å². The predicted molar refractivity (Wildman–Crippen MR) is 112 cm³/mol. The van der Waals surface area contributed by atoms with E-state index in [0.29, 0.717) is 46.3 Å². The minimum absolute atomic E-state index is 0.114. The van der Waals surface area contributed by atoms with Crippen molar-refractivity contribution >= 4 is 5.78 Å². The lowest BCUT2D eigenvalue weighted by Crippen LogP contribution is -2.59. The molecule has 2 aromatic rings. The number of aliphatic hydroxyl groups excluding tert-OH is 1. The third-order valence-electron chi connectivity index (χ3n) is 6.49. The van der Waals surface area contributed by atoms with Gasteiger partial charge in [0.25, 0.3) is 0 Å². The third-order valence-corrected chi connectivity index (χ3v) is 6.49. The van der Waals surface area contributed by atoms with Crippen LogP contribution >= 0.6 is 0 Å². The van der Waals surface area contributed by atoms with Gasteiger partial charge in [0.15, 0.2) is 23.4 Å². The summed E-state index contributed by atoms with van der Waals surface area (Å²) in [5, 5.41) is 10.6. The van der Waals surface area contributed by atoms with E-state index < -0.39 is 18.1 Å². The Kier molecular flexibility index (Phi) is 4.41. The first-order valence-electron chi connectivity index (χ1n) is 10.1. The van der Waals surface area contributed by atoms with Gasteiger partial charge in [-0.2, -0.15) is 0 Å². The highest BCUT2D eigenvalue weighted by Gasteiger charge is 2.57. The summed E-state index contributed by atoms with van der Waals surface area (Å²) < 4.78 is 29.1. The van der Waals surface area contributed by atoms with Crippen molar-refractivity contribution in [1.82, 2.24) is 0 Å². The van der Waals surface area contributed by atoms with E-state index >= 15 is 0 Å². The zero-order chi connectivity index (χ0) is 21.9. The summed E-state index contributed by atoms with van der Waals surface area (Å²) in [7, 11) is 3.05. The lowest BCUT2D eigenvalue weighted by atomic mass is 9.67. The Morgan fingerprint density at radius 2 is 1.94 bits per heavy atom. The van der Waals surface area contributed by atoms with Gasteiger partial charge in [-0.1, -0.05) is 6.58 Å². The molecule has 3 atom stereocenters. The second-order valence-electron chi connectivity index (χ2n) is 8.16. The topological polar surface area (TPSA) is 83.5 Å². The second-order valence-corrected chi connectivity index (χ2v) is 8.16. The molecule has 3 aliphatic rings. The maximum Gasteiger partial charge on any atom is 0.183 e. The minimum Gasteiger partial charge on any atom is -0.493 e. The zero-order valence-corrected chi connectivity index (χ0v) is 17.7. The monoisotopic (exact) mass is 424 g/mol. The number of benzene rings is 2. The van der Waals surface area contributed by atoms with E-state index in [9.17, 15) is 9.90 Å². The second kappa shape index (κ2) is 6.92. The highest BCUT2D eigenvalue weighted by Crippen LogP contribution is 2.52. The van der Waals surface area contributed by atoms with Gasteiger partial charge in [-0.25, -0.2) is 0 Å². The molecule has 3 heterocycles. The summed E-state index contributed by atoms with van der Waals surface area (Å²) in [6.07, 6.45) is -0.258. The highest BCUT2D eigenvalue weighted by molar-refractivity contribution is 6.09. The van der Waals surface area contributed by atoms with Crippen molar-refractivity contribution in [3.05, 3.63) is 53.1 Å². The molecule has 0 amide bonds. The lowest BCUT2D eigenvalue weighted by molar-refractivity contribution is 0.000542. The van der Waals surface area contributed by atoms with Crippen LogP contribution in [-0.2, 0) is 11.8 Å². The van der Waals surface area contributed by atoms with Gasteiger partial charge in [0, 0.05) is 23.6 Å². The maximum atomic E-state index is 13.9. The van der Waals surface area contributed by atoms with Crippen LogP contribution in [0.4, 0.5) is 0 Å². The quantitative estimate of drug-likeness (QED) is 0.756. The SMILES string of the molecule is C=C(C)[C@H]1Cc2c(ccc3c2OC2COc4cc(OC)c(OC)cc4C2(CO)C3=O)O1. The molecular weight excluding hydrogens is 400 g/mol. The van der Waals surface area contributed by atoms with Crippen molar-refractivity contribution < 1.29 is 33.6 Å². The summed E-state index contributed by atoms with van der Waals surface area (Å²) in [4.78, 5) is 13.9. The molecule has 0 fully saturated rings. The molecule has 0 aromatic heterocycles. The molecule has 31 heavy (non-hydrogen) atoms. The van der Waals surface area contributed by atoms with Crippen molar-refractivity contribution in [3.63, 3.8) is 0 Å². The Morgan fingerprint density at radius 3 is 2.61 bits per heavy atom. The zero-order valence-electron chi connectivity index (χ0n) is 17.7. The molecule has 5 rings (SSSR count). The number of hydrogen-bond acceptors (Lipinski definition) is 7. The van der Waals surface area contributed by atoms with Crippen molar-refractivity contribution in [1.29, 1.82) is 0 Å². The number of carbonyl (C=O) groups is 1. The van der Waals surface area contributed by atoms with E-state index in [1.807, 2.05) is 6.92 Å². The van der Waals surface area contributed by atoms with Crippen LogP contribution in [0.5, 0.6) is 28.7 Å². The molecule has 162 valence electrons. The molecule has 0 saturated carbocycles. The molecule has 0 bridgehead atoms. The van der Waals surface area contributed by atoms with E-state index in [-0.39, 0.29) is 18.5 Å². The summed E-state index contributed by atoms with van der Waals surface area (Å²) in [6.45, 7) is 5.59. The van der Waals surface area contributed by atoms with E-state index in [0.717, 1.165) is 11.1 Å². The number of fused-ring (bicyclic) bond motifs is 6. The van der Waals surface area contributed by atoms with Gasteiger partial charge in [0.05, 0.1) is 26.4 Å². The normalized spacial score (nSPS) is 25.1. The molecular formula is C24H24O7. The first kappa shape index (κ1) is 19.8. The average molecular weight is 424 g/mol. The Balaban J connectivity index is 1.66. The van der Waals surface area contributed by atoms with Gasteiger partial charge in [-0.3, -0.25) is 4.79 Å². The molecule has 0 spiro atoms. The van der Waals surface area contributed by atoms with Crippen molar-refractivity contribution in [2.75, 3.05) is 27.4 Å². The number of hydrogen-bond donors (Lipinski definition) is 1. The van der Waals surface area contributed by atoms with Gasteiger partial charge in [-0.15, -0.1) is 0 Å². The number of aliphatic hydroxyl groups is 1. The molecule has 1 N–H and O–H groups in total. The molecule has 2 unspecified atom stereocenters. The number of Topliss-reactive ketones (excluding diaryl/α,β-unsaturated/α-hetero) is 1. The molecule has 2 aromatic carbocycles. The van der Waals surface area contributed by atoms with Gasteiger partial charge < -0.3 is 28.8 Å². The molecule has 0 radical (unpaired) electrons. The Bertz CT molecular complexity index is 1110. The van der Waals surface area contributed by atoms with E-state index in [4.69, 9.17) is 23.7 Å². The Morgan fingerprint density at radius 1 is 1.19 bits per heavy atom. The summed E-state index contributed by atoms with van der Waals surface area (Å²) >= 11 is 0. The predicted octanol–water partition coefficient (Wildman–Crippen LogP) is 2.85. The lowest BCUT2D eigenvalue weighted by Gasteiger charge is -2.45. The van der Waals surface area contributed by atoms with Crippen molar-refractivity contribution in [2.45, 2.75) is 31.0 Å². The number of ketones is 1. The third kappa shape index (κ3) is 2.59. The van der Waals surface area contributed by atoms with Crippen LogP contribution in [0, 0.1) is 0 Å². The molecule has 0 aliphatic carbocycles. The van der Waals surface area contributed by atoms with Crippen LogP contribution in [0.2, 0.25) is 0 Å². The van der Waals surface area contributed by atoms with Crippen molar-refractivity contribution in [3.8, 4) is 28.7 Å². The molecule has 0 saturated heterocycles. The Hall–Kier alpha value is -3.19. The first-order chi connectivity index (χ1) is 14.9. The summed E-state index contributed by atoms with van der Waals surface area (Å²) in [5.41, 5.74) is 1.41. The molecule has 7 nitrogen and oxygen atoms in total. The van der Waals surface area contributed by atoms with Gasteiger partial charge in [-0.05, 0) is 30.7 Å². The Labute approximate surface area is 180 Å². The molecule has 7 heteroatoms. The minimum atomic E-state index is -1.30. The van der Waals surface area contributed by atoms with Crippen molar-refractivity contribution in [2.24, 2.45) is 0 Å². The largest absolute Gasteiger partial charge is 0.493 e. The van der Waals surface area contributed by atoms with Gasteiger partial charge in [0.2, 0.25) is 0 Å². The van der Waals surface area contributed by atoms with Crippen LogP contribution in [0.25, 0.3) is 0 Å². The number of ether oxygens (including phenoxy) is 5. The summed E-state index contributed by atoms with van der Waals surface area (Å²) in [5.74, 6) is 2.39. The average Bonchev–Trinajstić information content (AvgIpc) is 3.23. The fourth-order valence-electron chi connectivity index (χ4n) is 4.74. The standard InChI is InChI=1S/C24H24O7/c1-12(2)17-7-14-16(30-17)6-5-13-22(14)31-21-10-29-18-9-20(28-4)19(27-3)8-15(18)24(21,11-25)23(13)26/h5-6,8-9,17,21,25H,1,7,10-11H2,2-4H3/t17-,21?,24?/m1/s1. The first-order valence-corrected chi connectivity index (χ1v) is 10.1. The number of methoxy groups -OCH3 is 2. The van der Waals surface area contributed by atoms with Gasteiger partial charge >= 0.3 is 0 Å². The van der Waals surface area contributed by atoms with Crippen LogP contribution < -0.4 is 23.7 Å². The number of carbonyl (C=O) groups excluding carboxylic acids is 1. The highest BCUT2D eigenvalue weighted by atomic mass is 16.5. The fourth-order valence-corrected chi connectivity index (χ4v) is 4.74. The molecule has 3 aliphatic heterocycles. The van der Waals surface area contributed by atoms with Crippen LogP contribution in [-0.4, -0.2) is 50.5 Å². The number of rotatable bonds is 4. The smallest absolute Gasteiger partial charge is 0.183 e. The van der Waals surface area contributed by atoms with Crippen LogP contribution in [0.15, 0.2) is 36.4 Å². The van der Waals surface area contributed by atoms with E-state index in [2.05, 4.69) is 6.58 Å². The van der Waals surface area contributed by atoms with E-state index in [1.165, 1.54) is 14.2 Å². The van der Waals surface area contributed by atoms with Crippen LogP contribution in [0.1, 0.15) is 28.4 Å². The maximum absolute atomic E-state index is 13.9. The summed E-state index contributed by atoms with van der Waals surface area (Å²) in [6, 6.07) is 6.87. The van der Waals surface area contributed by atoms with Gasteiger partial charge in [0.1, 0.15) is 35.4 Å².